The smallest absolute Gasteiger partial charge is 0.295 e. The summed E-state index contributed by atoms with van der Waals surface area (Å²) in [6, 6.07) is 5.37. The summed E-state index contributed by atoms with van der Waals surface area (Å²) in [5, 5.41) is 14.2. The normalized spacial score (nSPS) is 10.7. The van der Waals surface area contributed by atoms with Gasteiger partial charge < -0.3 is 10.2 Å². The van der Waals surface area contributed by atoms with Gasteiger partial charge in [-0.3, -0.25) is 10.1 Å². The predicted octanol–water partition coefficient (Wildman–Crippen LogP) is 3.05. The number of nitro groups is 1. The van der Waals surface area contributed by atoms with E-state index in [1.807, 2.05) is 6.07 Å². The average Bonchev–Trinajstić information content (AvgIpc) is 2.38. The van der Waals surface area contributed by atoms with Crippen molar-refractivity contribution in [2.24, 2.45) is 0 Å². The lowest BCUT2D eigenvalue weighted by atomic mass is 10.1. The van der Waals surface area contributed by atoms with Crippen LogP contribution in [-0.2, 0) is 0 Å². The summed E-state index contributed by atoms with van der Waals surface area (Å²) in [6.07, 6.45) is 0.979. The summed E-state index contributed by atoms with van der Waals surface area (Å²) >= 11 is 0. The van der Waals surface area contributed by atoms with Crippen LogP contribution in [-0.4, -0.2) is 36.0 Å². The van der Waals surface area contributed by atoms with Gasteiger partial charge in [0.15, 0.2) is 0 Å². The van der Waals surface area contributed by atoms with E-state index < -0.39 is 0 Å². The van der Waals surface area contributed by atoms with Crippen molar-refractivity contribution in [3.63, 3.8) is 0 Å². The molecule has 0 radical (unpaired) electrons. The molecule has 0 saturated heterocycles. The van der Waals surface area contributed by atoms with Gasteiger partial charge in [0.1, 0.15) is 5.69 Å². The molecule has 1 aromatic rings. The van der Waals surface area contributed by atoms with Crippen molar-refractivity contribution >= 4 is 11.4 Å². The highest BCUT2D eigenvalue weighted by molar-refractivity contribution is 5.64. The van der Waals surface area contributed by atoms with Crippen molar-refractivity contribution in [3.05, 3.63) is 33.9 Å². The third-order valence-corrected chi connectivity index (χ3v) is 3.28. The summed E-state index contributed by atoms with van der Waals surface area (Å²) in [5.41, 5.74) is 1.49. The molecule has 0 atom stereocenters. The molecule has 0 unspecified atom stereocenters. The number of hydrogen-bond acceptors (Lipinski definition) is 4. The molecule has 0 aliphatic rings. The number of para-hydroxylation sites is 1. The van der Waals surface area contributed by atoms with Crippen LogP contribution < -0.4 is 5.32 Å². The molecular weight excluding hydrogens is 242 g/mol. The van der Waals surface area contributed by atoms with Crippen molar-refractivity contribution in [1.29, 1.82) is 0 Å². The molecule has 5 nitrogen and oxygen atoms in total. The Morgan fingerprint density at radius 3 is 2.58 bits per heavy atom. The van der Waals surface area contributed by atoms with Crippen molar-refractivity contribution in [2.75, 3.05) is 31.5 Å². The minimum atomic E-state index is -0.317. The highest BCUT2D eigenvalue weighted by Crippen LogP contribution is 2.27. The van der Waals surface area contributed by atoms with Crippen LogP contribution in [0.3, 0.4) is 0 Å². The fourth-order valence-electron chi connectivity index (χ4n) is 2.11. The second kappa shape index (κ2) is 7.74. The molecule has 0 aliphatic carbocycles. The van der Waals surface area contributed by atoms with Gasteiger partial charge in [0.2, 0.25) is 0 Å². The van der Waals surface area contributed by atoms with Gasteiger partial charge in [0.25, 0.3) is 5.69 Å². The number of rotatable bonds is 8. The van der Waals surface area contributed by atoms with E-state index in [0.29, 0.717) is 11.3 Å². The number of nitro benzene ring substituents is 1. The van der Waals surface area contributed by atoms with Gasteiger partial charge in [0, 0.05) is 12.1 Å². The highest BCUT2D eigenvalue weighted by atomic mass is 16.6. The van der Waals surface area contributed by atoms with Crippen LogP contribution in [0.4, 0.5) is 11.4 Å². The van der Waals surface area contributed by atoms with Crippen LogP contribution in [0.25, 0.3) is 0 Å². The first-order valence-corrected chi connectivity index (χ1v) is 6.80. The van der Waals surface area contributed by atoms with Crippen molar-refractivity contribution < 1.29 is 4.92 Å². The van der Waals surface area contributed by atoms with Gasteiger partial charge in [-0.2, -0.15) is 0 Å². The van der Waals surface area contributed by atoms with Crippen LogP contribution in [0.2, 0.25) is 0 Å². The third-order valence-electron chi connectivity index (χ3n) is 3.28. The fourth-order valence-corrected chi connectivity index (χ4v) is 2.11. The van der Waals surface area contributed by atoms with E-state index in [-0.39, 0.29) is 10.6 Å². The molecule has 106 valence electrons. The Labute approximate surface area is 114 Å². The van der Waals surface area contributed by atoms with E-state index in [0.717, 1.165) is 32.6 Å². The molecule has 1 aromatic carbocycles. The Bertz CT molecular complexity index is 417. The molecule has 0 fully saturated rings. The van der Waals surface area contributed by atoms with Crippen LogP contribution in [0.15, 0.2) is 18.2 Å². The first-order chi connectivity index (χ1) is 9.10. The van der Waals surface area contributed by atoms with Crippen LogP contribution >= 0.6 is 0 Å². The van der Waals surface area contributed by atoms with Gasteiger partial charge >= 0.3 is 0 Å². The number of nitrogens with zero attached hydrogens (tertiary/aromatic N) is 2. The van der Waals surface area contributed by atoms with Crippen LogP contribution in [0.1, 0.15) is 25.8 Å². The topological polar surface area (TPSA) is 58.4 Å². The van der Waals surface area contributed by atoms with E-state index in [9.17, 15) is 10.1 Å². The summed E-state index contributed by atoms with van der Waals surface area (Å²) in [5.74, 6) is 0. The molecule has 19 heavy (non-hydrogen) atoms. The Morgan fingerprint density at radius 2 is 2.00 bits per heavy atom. The summed E-state index contributed by atoms with van der Waals surface area (Å²) < 4.78 is 0. The van der Waals surface area contributed by atoms with Gasteiger partial charge in [0.05, 0.1) is 4.92 Å². The second-order valence-electron chi connectivity index (χ2n) is 4.54. The quantitative estimate of drug-likeness (QED) is 0.446. The maximum Gasteiger partial charge on any atom is 0.295 e. The van der Waals surface area contributed by atoms with Crippen molar-refractivity contribution in [2.45, 2.75) is 27.2 Å². The molecule has 0 aromatic heterocycles. The molecule has 0 aliphatic heterocycles. The highest BCUT2D eigenvalue weighted by Gasteiger charge is 2.15. The lowest BCUT2D eigenvalue weighted by Gasteiger charge is -2.18. The van der Waals surface area contributed by atoms with Crippen molar-refractivity contribution in [3.8, 4) is 0 Å². The van der Waals surface area contributed by atoms with E-state index in [1.165, 1.54) is 0 Å². The molecule has 5 heteroatoms. The molecular formula is C14H23N3O2. The van der Waals surface area contributed by atoms with Crippen LogP contribution in [0, 0.1) is 17.0 Å². The maximum absolute atomic E-state index is 11.0. The Hall–Kier alpha value is -1.62. The average molecular weight is 265 g/mol. The zero-order valence-electron chi connectivity index (χ0n) is 12.0. The van der Waals surface area contributed by atoms with Crippen LogP contribution in [0.5, 0.6) is 0 Å². The standard InChI is InChI=1S/C14H23N3O2/c1-4-16(5-2)11-7-10-15-13-9-6-8-12(3)14(13)17(18)19/h6,8-9,15H,4-5,7,10-11H2,1-3H3. The van der Waals surface area contributed by atoms with E-state index in [1.54, 1.807) is 19.1 Å². The number of nitrogens with one attached hydrogen (secondary N) is 1. The van der Waals surface area contributed by atoms with Gasteiger partial charge in [-0.15, -0.1) is 0 Å². The molecule has 1 N–H and O–H groups in total. The molecule has 1 rings (SSSR count). The minimum Gasteiger partial charge on any atom is -0.379 e. The molecule has 0 spiro atoms. The monoisotopic (exact) mass is 265 g/mol. The predicted molar refractivity (Wildman–Crippen MR) is 78.7 cm³/mol. The molecule has 0 saturated carbocycles. The Balaban J connectivity index is 2.54. The van der Waals surface area contributed by atoms with Gasteiger partial charge in [-0.25, -0.2) is 0 Å². The van der Waals surface area contributed by atoms with E-state index in [4.69, 9.17) is 0 Å². The summed E-state index contributed by atoms with van der Waals surface area (Å²) in [4.78, 5) is 13.1. The first kappa shape index (κ1) is 15.4. The lowest BCUT2D eigenvalue weighted by Crippen LogP contribution is -2.25. The minimum absolute atomic E-state index is 0.185. The third kappa shape index (κ3) is 4.52. The molecule has 0 bridgehead atoms. The summed E-state index contributed by atoms with van der Waals surface area (Å²) in [7, 11) is 0. The second-order valence-corrected chi connectivity index (χ2v) is 4.54. The number of anilines is 1. The Morgan fingerprint density at radius 1 is 1.32 bits per heavy atom. The SMILES string of the molecule is CCN(CC)CCCNc1cccc(C)c1[N+](=O)[O-]. The van der Waals surface area contributed by atoms with Gasteiger partial charge in [-0.1, -0.05) is 26.0 Å². The fraction of sp³-hybridized carbons (Fsp3) is 0.571. The molecule has 0 heterocycles. The van der Waals surface area contributed by atoms with Crippen molar-refractivity contribution in [1.82, 2.24) is 4.90 Å². The molecule has 0 amide bonds. The Kier molecular flexibility index (Phi) is 6.29. The lowest BCUT2D eigenvalue weighted by molar-refractivity contribution is -0.384. The number of benzene rings is 1. The van der Waals surface area contributed by atoms with E-state index >= 15 is 0 Å². The van der Waals surface area contributed by atoms with Gasteiger partial charge in [-0.05, 0) is 39.0 Å². The zero-order chi connectivity index (χ0) is 14.3. The summed E-state index contributed by atoms with van der Waals surface area (Å²) in [6.45, 7) is 9.90. The number of hydrogen-bond donors (Lipinski definition) is 1. The number of aryl methyl sites for hydroxylation is 1. The first-order valence-electron chi connectivity index (χ1n) is 6.80. The zero-order valence-corrected chi connectivity index (χ0v) is 12.0. The van der Waals surface area contributed by atoms with E-state index in [2.05, 4.69) is 24.1 Å². The largest absolute Gasteiger partial charge is 0.379 e. The maximum atomic E-state index is 11.0.